The van der Waals surface area contributed by atoms with Crippen LogP contribution in [0.1, 0.15) is 36.3 Å². The number of esters is 1. The second-order valence-corrected chi connectivity index (χ2v) is 5.79. The summed E-state index contributed by atoms with van der Waals surface area (Å²) in [4.78, 5) is 11.7. The van der Waals surface area contributed by atoms with Gasteiger partial charge in [-0.1, -0.05) is 22.0 Å². The van der Waals surface area contributed by atoms with Gasteiger partial charge in [0.05, 0.1) is 12.0 Å². The number of rotatable bonds is 2. The molecule has 5 heteroatoms. The van der Waals surface area contributed by atoms with Crippen molar-refractivity contribution in [2.75, 3.05) is 6.61 Å². The molecule has 1 aromatic rings. The van der Waals surface area contributed by atoms with Crippen molar-refractivity contribution in [2.24, 2.45) is 5.41 Å². The Morgan fingerprint density at radius 1 is 1.44 bits per heavy atom. The highest BCUT2D eigenvalue weighted by atomic mass is 79.9. The van der Waals surface area contributed by atoms with Crippen molar-refractivity contribution in [1.82, 2.24) is 0 Å². The maximum atomic E-state index is 13.0. The standard InChI is InChI=1S/C13H11BrF2O2/c14-7-1-2-8(9(5-7)11(15)16)10-6-13(10)3-4-18-12(13)17/h1-2,5,10-11H,3-4,6H2. The summed E-state index contributed by atoms with van der Waals surface area (Å²) in [5.41, 5.74) is 0.0929. The van der Waals surface area contributed by atoms with Crippen LogP contribution in [0.3, 0.4) is 0 Å². The van der Waals surface area contributed by atoms with Crippen molar-refractivity contribution in [1.29, 1.82) is 0 Å². The monoisotopic (exact) mass is 316 g/mol. The maximum absolute atomic E-state index is 13.0. The van der Waals surface area contributed by atoms with E-state index in [0.717, 1.165) is 0 Å². The van der Waals surface area contributed by atoms with Crippen LogP contribution >= 0.6 is 15.9 Å². The summed E-state index contributed by atoms with van der Waals surface area (Å²) >= 11 is 3.20. The fraction of sp³-hybridized carbons (Fsp3) is 0.462. The van der Waals surface area contributed by atoms with Crippen LogP contribution in [0.4, 0.5) is 8.78 Å². The van der Waals surface area contributed by atoms with Crippen LogP contribution in [0.25, 0.3) is 0 Å². The molecular weight excluding hydrogens is 306 g/mol. The van der Waals surface area contributed by atoms with Crippen LogP contribution in [-0.4, -0.2) is 12.6 Å². The molecule has 0 N–H and O–H groups in total. The van der Waals surface area contributed by atoms with Crippen molar-refractivity contribution in [3.8, 4) is 0 Å². The highest BCUT2D eigenvalue weighted by Gasteiger charge is 2.64. The van der Waals surface area contributed by atoms with Gasteiger partial charge >= 0.3 is 5.97 Å². The molecule has 1 saturated heterocycles. The molecule has 0 amide bonds. The molecule has 0 radical (unpaired) electrons. The lowest BCUT2D eigenvalue weighted by Crippen LogP contribution is -2.11. The van der Waals surface area contributed by atoms with Gasteiger partial charge in [-0.15, -0.1) is 0 Å². The summed E-state index contributed by atoms with van der Waals surface area (Å²) in [6, 6.07) is 4.87. The first-order valence-electron chi connectivity index (χ1n) is 5.79. The molecule has 3 rings (SSSR count). The molecular formula is C13H11BrF2O2. The molecule has 1 saturated carbocycles. The van der Waals surface area contributed by atoms with E-state index in [1.165, 1.54) is 6.07 Å². The Hall–Kier alpha value is -0.970. The number of halogens is 3. The molecule has 2 nitrogen and oxygen atoms in total. The van der Waals surface area contributed by atoms with Gasteiger partial charge in [0, 0.05) is 16.0 Å². The molecule has 1 aromatic carbocycles. The molecule has 2 atom stereocenters. The van der Waals surface area contributed by atoms with Crippen LogP contribution in [0.15, 0.2) is 22.7 Å². The van der Waals surface area contributed by atoms with Gasteiger partial charge in [0.15, 0.2) is 0 Å². The lowest BCUT2D eigenvalue weighted by Gasteiger charge is -2.11. The molecule has 2 aliphatic rings. The van der Waals surface area contributed by atoms with Gasteiger partial charge in [-0.05, 0) is 30.5 Å². The zero-order valence-electron chi connectivity index (χ0n) is 9.46. The molecule has 1 aliphatic carbocycles. The summed E-state index contributed by atoms with van der Waals surface area (Å²) in [6.45, 7) is 0.413. The predicted molar refractivity (Wildman–Crippen MR) is 64.5 cm³/mol. The van der Waals surface area contributed by atoms with E-state index in [-0.39, 0.29) is 17.5 Å². The topological polar surface area (TPSA) is 26.3 Å². The zero-order valence-corrected chi connectivity index (χ0v) is 11.0. The third-order valence-electron chi connectivity index (χ3n) is 3.92. The minimum absolute atomic E-state index is 0.0194. The number of ether oxygens (including phenoxy) is 1. The Morgan fingerprint density at radius 3 is 2.83 bits per heavy atom. The molecule has 18 heavy (non-hydrogen) atoms. The van der Waals surface area contributed by atoms with Gasteiger partial charge in [0.25, 0.3) is 6.43 Å². The number of cyclic esters (lactones) is 1. The van der Waals surface area contributed by atoms with E-state index in [2.05, 4.69) is 15.9 Å². The third-order valence-corrected chi connectivity index (χ3v) is 4.42. The van der Waals surface area contributed by atoms with Crippen molar-refractivity contribution in [2.45, 2.75) is 25.2 Å². The van der Waals surface area contributed by atoms with E-state index >= 15 is 0 Å². The van der Waals surface area contributed by atoms with E-state index in [9.17, 15) is 13.6 Å². The number of carbonyl (C=O) groups excluding carboxylic acids is 1. The van der Waals surface area contributed by atoms with Crippen molar-refractivity contribution in [3.63, 3.8) is 0 Å². The average Bonchev–Trinajstić information content (AvgIpc) is 2.93. The molecule has 1 heterocycles. The van der Waals surface area contributed by atoms with Gasteiger partial charge in [-0.2, -0.15) is 0 Å². The highest BCUT2D eigenvalue weighted by molar-refractivity contribution is 9.10. The molecule has 2 unspecified atom stereocenters. The second kappa shape index (κ2) is 4.02. The first kappa shape index (κ1) is 12.1. The Balaban J connectivity index is 1.97. The van der Waals surface area contributed by atoms with Crippen molar-refractivity contribution < 1.29 is 18.3 Å². The zero-order chi connectivity index (χ0) is 12.9. The van der Waals surface area contributed by atoms with Crippen molar-refractivity contribution >= 4 is 21.9 Å². The Morgan fingerprint density at radius 2 is 2.22 bits per heavy atom. The van der Waals surface area contributed by atoms with E-state index in [0.29, 0.717) is 29.5 Å². The van der Waals surface area contributed by atoms with Crippen LogP contribution in [0.2, 0.25) is 0 Å². The highest BCUT2D eigenvalue weighted by Crippen LogP contribution is 2.65. The lowest BCUT2D eigenvalue weighted by molar-refractivity contribution is -0.142. The first-order valence-corrected chi connectivity index (χ1v) is 6.58. The molecule has 0 bridgehead atoms. The van der Waals surface area contributed by atoms with Crippen molar-refractivity contribution in [3.05, 3.63) is 33.8 Å². The summed E-state index contributed by atoms with van der Waals surface area (Å²) in [7, 11) is 0. The van der Waals surface area contributed by atoms with Gasteiger partial charge in [-0.25, -0.2) is 8.78 Å². The Labute approximate surface area is 111 Å². The van der Waals surface area contributed by atoms with Gasteiger partial charge in [0.2, 0.25) is 0 Å². The fourth-order valence-corrected chi connectivity index (χ4v) is 3.22. The SMILES string of the molecule is O=C1OCCC12CC2c1ccc(Br)cc1C(F)F. The summed E-state index contributed by atoms with van der Waals surface area (Å²) in [6.07, 6.45) is -1.24. The molecule has 0 aromatic heterocycles. The number of hydrogen-bond donors (Lipinski definition) is 0. The van der Waals surface area contributed by atoms with E-state index in [1.54, 1.807) is 12.1 Å². The average molecular weight is 317 g/mol. The largest absolute Gasteiger partial charge is 0.465 e. The number of alkyl halides is 2. The number of hydrogen-bond acceptors (Lipinski definition) is 2. The van der Waals surface area contributed by atoms with E-state index in [1.807, 2.05) is 0 Å². The van der Waals surface area contributed by atoms with Crippen LogP contribution < -0.4 is 0 Å². The Kier molecular flexibility index (Phi) is 2.70. The molecule has 2 fully saturated rings. The normalized spacial score (nSPS) is 30.0. The number of carbonyl (C=O) groups is 1. The molecule has 1 spiro atoms. The molecule has 1 aliphatic heterocycles. The summed E-state index contributed by atoms with van der Waals surface area (Å²) < 4.78 is 31.7. The second-order valence-electron chi connectivity index (χ2n) is 4.87. The summed E-state index contributed by atoms with van der Waals surface area (Å²) in [5.74, 6) is -0.333. The maximum Gasteiger partial charge on any atom is 0.312 e. The van der Waals surface area contributed by atoms with Gasteiger partial charge in [-0.3, -0.25) is 4.79 Å². The van der Waals surface area contributed by atoms with E-state index in [4.69, 9.17) is 4.74 Å². The van der Waals surface area contributed by atoms with Gasteiger partial charge < -0.3 is 4.74 Å². The lowest BCUT2D eigenvalue weighted by atomic mass is 9.95. The predicted octanol–water partition coefficient (Wildman–Crippen LogP) is 3.81. The quantitative estimate of drug-likeness (QED) is 0.776. The first-order chi connectivity index (χ1) is 8.54. The minimum Gasteiger partial charge on any atom is -0.465 e. The van der Waals surface area contributed by atoms with Crippen LogP contribution in [-0.2, 0) is 9.53 Å². The fourth-order valence-electron chi connectivity index (χ4n) is 2.84. The summed E-state index contributed by atoms with van der Waals surface area (Å²) in [5, 5.41) is 0. The Bertz CT molecular complexity index is 518. The van der Waals surface area contributed by atoms with E-state index < -0.39 is 11.8 Å². The van der Waals surface area contributed by atoms with Crippen LogP contribution in [0, 0.1) is 5.41 Å². The van der Waals surface area contributed by atoms with Gasteiger partial charge in [0.1, 0.15) is 0 Å². The minimum atomic E-state index is -2.52. The smallest absolute Gasteiger partial charge is 0.312 e. The third kappa shape index (κ3) is 1.67. The molecule has 96 valence electrons. The number of benzene rings is 1. The van der Waals surface area contributed by atoms with Crippen LogP contribution in [0.5, 0.6) is 0 Å².